The van der Waals surface area contributed by atoms with Gasteiger partial charge in [-0.1, -0.05) is 30.3 Å². The maximum Gasteiger partial charge on any atom is 0.232 e. The molecule has 0 aliphatic carbocycles. The van der Waals surface area contributed by atoms with Crippen LogP contribution in [0.3, 0.4) is 0 Å². The molecular formula is C22H25FN2O2. The highest BCUT2D eigenvalue weighted by Crippen LogP contribution is 2.26. The van der Waals surface area contributed by atoms with Crippen LogP contribution in [0.5, 0.6) is 0 Å². The Morgan fingerprint density at radius 2 is 1.89 bits per heavy atom. The summed E-state index contributed by atoms with van der Waals surface area (Å²) >= 11 is 0. The Kier molecular flexibility index (Phi) is 5.89. The molecule has 0 aromatic heterocycles. The van der Waals surface area contributed by atoms with Crippen molar-refractivity contribution < 1.29 is 14.0 Å². The average Bonchev–Trinajstić information content (AvgIpc) is 3.04. The molecule has 0 N–H and O–H groups in total. The summed E-state index contributed by atoms with van der Waals surface area (Å²) in [4.78, 5) is 28.9. The van der Waals surface area contributed by atoms with E-state index in [0.29, 0.717) is 26.1 Å². The number of amides is 2. The zero-order valence-electron chi connectivity index (χ0n) is 15.8. The highest BCUT2D eigenvalue weighted by molar-refractivity contribution is 5.99. The average molecular weight is 368 g/mol. The minimum Gasteiger partial charge on any atom is -0.342 e. The molecule has 0 bridgehead atoms. The minimum atomic E-state index is -0.315. The van der Waals surface area contributed by atoms with E-state index < -0.39 is 0 Å². The largest absolute Gasteiger partial charge is 0.342 e. The van der Waals surface area contributed by atoms with Crippen LogP contribution in [0.25, 0.3) is 0 Å². The van der Waals surface area contributed by atoms with Crippen molar-refractivity contribution in [1.82, 2.24) is 4.90 Å². The maximum absolute atomic E-state index is 13.0. The number of carbonyl (C=O) groups excluding carboxylic acids is 2. The van der Waals surface area contributed by atoms with Crippen LogP contribution in [-0.4, -0.2) is 36.3 Å². The van der Waals surface area contributed by atoms with Crippen molar-refractivity contribution in [3.63, 3.8) is 0 Å². The lowest BCUT2D eigenvalue weighted by atomic mass is 10.1. The number of nitrogens with zero attached hydrogens (tertiary/aromatic N) is 2. The van der Waals surface area contributed by atoms with E-state index in [1.165, 1.54) is 12.1 Å². The van der Waals surface area contributed by atoms with Crippen molar-refractivity contribution in [3.8, 4) is 0 Å². The summed E-state index contributed by atoms with van der Waals surface area (Å²) in [5, 5.41) is 0. The zero-order valence-corrected chi connectivity index (χ0v) is 15.8. The summed E-state index contributed by atoms with van der Waals surface area (Å²) in [6, 6.07) is 14.1. The van der Waals surface area contributed by atoms with Crippen LogP contribution in [0.1, 0.15) is 24.5 Å². The molecule has 2 amide bonds. The lowest BCUT2D eigenvalue weighted by Crippen LogP contribution is -2.38. The number of aryl methyl sites for hydroxylation is 1. The van der Waals surface area contributed by atoms with Gasteiger partial charge in [0, 0.05) is 31.7 Å². The standard InChI is InChI=1S/C22H25FN2O2/c1-3-25(20-7-5-4-6-16(20)2)22(27)18-14-21(26)24(15-18)13-12-17-8-10-19(23)11-9-17/h4-11,18H,3,12-15H2,1-2H3/t18-/m0/s1. The zero-order chi connectivity index (χ0) is 19.4. The molecule has 1 heterocycles. The third-order valence-corrected chi connectivity index (χ3v) is 5.14. The molecule has 1 aliphatic rings. The quantitative estimate of drug-likeness (QED) is 0.782. The fourth-order valence-corrected chi connectivity index (χ4v) is 3.60. The normalized spacial score (nSPS) is 16.6. The molecule has 27 heavy (non-hydrogen) atoms. The molecule has 1 fully saturated rings. The molecule has 1 aliphatic heterocycles. The van der Waals surface area contributed by atoms with Crippen molar-refractivity contribution in [1.29, 1.82) is 0 Å². The molecule has 5 heteroatoms. The van der Waals surface area contributed by atoms with Gasteiger partial charge in [-0.05, 0) is 49.6 Å². The summed E-state index contributed by atoms with van der Waals surface area (Å²) in [6.45, 7) is 5.50. The van der Waals surface area contributed by atoms with E-state index in [1.54, 1.807) is 21.9 Å². The smallest absolute Gasteiger partial charge is 0.232 e. The summed E-state index contributed by atoms with van der Waals surface area (Å²) < 4.78 is 13.0. The molecule has 3 rings (SSSR count). The van der Waals surface area contributed by atoms with E-state index in [-0.39, 0.29) is 30.0 Å². The Morgan fingerprint density at radius 1 is 1.19 bits per heavy atom. The van der Waals surface area contributed by atoms with Gasteiger partial charge in [0.1, 0.15) is 5.82 Å². The molecule has 2 aromatic rings. The van der Waals surface area contributed by atoms with E-state index in [2.05, 4.69) is 0 Å². The van der Waals surface area contributed by atoms with Gasteiger partial charge in [-0.15, -0.1) is 0 Å². The first kappa shape index (κ1) is 19.1. The number of anilines is 1. The number of hydrogen-bond acceptors (Lipinski definition) is 2. The second kappa shape index (κ2) is 8.33. The SMILES string of the molecule is CCN(C(=O)[C@H]1CC(=O)N(CCc2ccc(F)cc2)C1)c1ccccc1C. The third-order valence-electron chi connectivity index (χ3n) is 5.14. The van der Waals surface area contributed by atoms with Gasteiger partial charge in [0.15, 0.2) is 0 Å². The second-order valence-corrected chi connectivity index (χ2v) is 6.99. The highest BCUT2D eigenvalue weighted by atomic mass is 19.1. The fourth-order valence-electron chi connectivity index (χ4n) is 3.60. The number of halogens is 1. The van der Waals surface area contributed by atoms with Gasteiger partial charge in [0.05, 0.1) is 5.92 Å². The molecule has 4 nitrogen and oxygen atoms in total. The van der Waals surface area contributed by atoms with E-state index in [0.717, 1.165) is 16.8 Å². The Hall–Kier alpha value is -2.69. The van der Waals surface area contributed by atoms with Gasteiger partial charge in [-0.25, -0.2) is 4.39 Å². The van der Waals surface area contributed by atoms with Crippen LogP contribution in [0.4, 0.5) is 10.1 Å². The van der Waals surface area contributed by atoms with Crippen molar-refractivity contribution in [2.75, 3.05) is 24.5 Å². The van der Waals surface area contributed by atoms with Gasteiger partial charge in [0.25, 0.3) is 0 Å². The molecule has 1 atom stereocenters. The Morgan fingerprint density at radius 3 is 2.56 bits per heavy atom. The van der Waals surface area contributed by atoms with Crippen LogP contribution in [0, 0.1) is 18.7 Å². The van der Waals surface area contributed by atoms with E-state index in [9.17, 15) is 14.0 Å². The van der Waals surface area contributed by atoms with Gasteiger partial charge in [-0.2, -0.15) is 0 Å². The number of carbonyl (C=O) groups is 2. The van der Waals surface area contributed by atoms with Gasteiger partial charge in [-0.3, -0.25) is 9.59 Å². The van der Waals surface area contributed by atoms with E-state index in [4.69, 9.17) is 0 Å². The molecule has 1 saturated heterocycles. The van der Waals surface area contributed by atoms with Crippen molar-refractivity contribution >= 4 is 17.5 Å². The second-order valence-electron chi connectivity index (χ2n) is 6.99. The van der Waals surface area contributed by atoms with E-state index in [1.807, 2.05) is 38.1 Å². The molecule has 2 aromatic carbocycles. The van der Waals surface area contributed by atoms with Crippen LogP contribution >= 0.6 is 0 Å². The molecule has 142 valence electrons. The van der Waals surface area contributed by atoms with Crippen LogP contribution in [-0.2, 0) is 16.0 Å². The van der Waals surface area contributed by atoms with Crippen LogP contribution in [0.15, 0.2) is 48.5 Å². The Balaban J connectivity index is 1.64. The Bertz CT molecular complexity index is 819. The fraction of sp³-hybridized carbons (Fsp3) is 0.364. The first-order valence-electron chi connectivity index (χ1n) is 9.38. The molecule has 0 saturated carbocycles. The van der Waals surface area contributed by atoms with Crippen LogP contribution in [0.2, 0.25) is 0 Å². The number of hydrogen-bond donors (Lipinski definition) is 0. The van der Waals surface area contributed by atoms with Gasteiger partial charge < -0.3 is 9.80 Å². The summed E-state index contributed by atoms with van der Waals surface area (Å²) in [5.74, 6) is -0.566. The molecular weight excluding hydrogens is 343 g/mol. The van der Waals surface area contributed by atoms with Gasteiger partial charge in [0.2, 0.25) is 11.8 Å². The van der Waals surface area contributed by atoms with Crippen molar-refractivity contribution in [3.05, 3.63) is 65.5 Å². The maximum atomic E-state index is 13.0. The number of benzene rings is 2. The number of likely N-dealkylation sites (tertiary alicyclic amines) is 1. The summed E-state index contributed by atoms with van der Waals surface area (Å²) in [5.41, 5.74) is 2.93. The highest BCUT2D eigenvalue weighted by Gasteiger charge is 2.36. The Labute approximate surface area is 159 Å². The minimum absolute atomic E-state index is 0.00410. The van der Waals surface area contributed by atoms with Crippen molar-refractivity contribution in [2.45, 2.75) is 26.7 Å². The van der Waals surface area contributed by atoms with Crippen LogP contribution < -0.4 is 4.90 Å². The number of para-hydroxylation sites is 1. The summed E-state index contributed by atoms with van der Waals surface area (Å²) in [7, 11) is 0. The molecule has 0 radical (unpaired) electrons. The monoisotopic (exact) mass is 368 g/mol. The lowest BCUT2D eigenvalue weighted by Gasteiger charge is -2.26. The first-order valence-corrected chi connectivity index (χ1v) is 9.38. The predicted octanol–water partition coefficient (Wildman–Crippen LogP) is 3.58. The topological polar surface area (TPSA) is 40.6 Å². The molecule has 0 spiro atoms. The molecule has 0 unspecified atom stereocenters. The third kappa shape index (κ3) is 4.35. The predicted molar refractivity (Wildman–Crippen MR) is 104 cm³/mol. The van der Waals surface area contributed by atoms with E-state index >= 15 is 0 Å². The summed E-state index contributed by atoms with van der Waals surface area (Å²) in [6.07, 6.45) is 0.910. The van der Waals surface area contributed by atoms with Gasteiger partial charge >= 0.3 is 0 Å². The first-order chi connectivity index (χ1) is 13.0. The van der Waals surface area contributed by atoms with Crippen molar-refractivity contribution in [2.24, 2.45) is 5.92 Å². The lowest BCUT2D eigenvalue weighted by molar-refractivity contribution is -0.128. The number of rotatable bonds is 6.